The molecule has 0 aromatic heterocycles. The molecule has 1 rings (SSSR count). The summed E-state index contributed by atoms with van der Waals surface area (Å²) in [6, 6.07) is 0. The topological polar surface area (TPSA) is 9.23 Å². The summed E-state index contributed by atoms with van der Waals surface area (Å²) >= 11 is 0. The Balaban J connectivity index is 2.40. The van der Waals surface area contributed by atoms with Gasteiger partial charge in [-0.2, -0.15) is 0 Å². The summed E-state index contributed by atoms with van der Waals surface area (Å²) in [5.41, 5.74) is 0. The van der Waals surface area contributed by atoms with Gasteiger partial charge in [0, 0.05) is 6.61 Å². The maximum atomic E-state index is 5.33. The Morgan fingerprint density at radius 3 is 2.29 bits per heavy atom. The highest BCUT2D eigenvalue weighted by Crippen LogP contribution is 2.17. The first-order chi connectivity index (χ1) is 3.21. The Morgan fingerprint density at radius 2 is 2.14 bits per heavy atom. The van der Waals surface area contributed by atoms with Crippen LogP contribution in [-0.4, -0.2) is 27.7 Å². The summed E-state index contributed by atoms with van der Waals surface area (Å²) in [7, 11) is 10.7. The van der Waals surface area contributed by atoms with Gasteiger partial charge in [-0.1, -0.05) is 0 Å². The predicted molar refractivity (Wildman–Crippen MR) is 29.4 cm³/mol. The molecule has 0 spiro atoms. The molecule has 4 radical (unpaired) electrons. The van der Waals surface area contributed by atoms with Crippen molar-refractivity contribution < 1.29 is 4.74 Å². The van der Waals surface area contributed by atoms with Crippen LogP contribution in [0.2, 0.25) is 0 Å². The first-order valence-corrected chi connectivity index (χ1v) is 2.42. The molecule has 1 heterocycles. The SMILES string of the molecule is [B]C1([B])CCCO1. The van der Waals surface area contributed by atoms with Gasteiger partial charge in [0.2, 0.25) is 0 Å². The molecule has 34 valence electrons. The standard InChI is InChI=1S/C4H6B2O/c5-4(6)2-1-3-7-4/h1-3H2. The van der Waals surface area contributed by atoms with E-state index < -0.39 is 5.40 Å². The van der Waals surface area contributed by atoms with Crippen molar-refractivity contribution in [1.82, 2.24) is 0 Å². The van der Waals surface area contributed by atoms with Crippen LogP contribution in [0, 0.1) is 0 Å². The highest BCUT2D eigenvalue weighted by Gasteiger charge is 2.21. The molecular formula is C4H6B2O. The van der Waals surface area contributed by atoms with Crippen LogP contribution in [0.15, 0.2) is 0 Å². The highest BCUT2D eigenvalue weighted by molar-refractivity contribution is 6.39. The van der Waals surface area contributed by atoms with Crippen LogP contribution in [0.5, 0.6) is 0 Å². The molecular weight excluding hydrogens is 85.7 g/mol. The van der Waals surface area contributed by atoms with Gasteiger partial charge >= 0.3 is 0 Å². The Morgan fingerprint density at radius 1 is 1.43 bits per heavy atom. The molecule has 7 heavy (non-hydrogen) atoms. The molecule has 1 aliphatic rings. The highest BCUT2D eigenvalue weighted by atomic mass is 16.5. The second kappa shape index (κ2) is 1.55. The van der Waals surface area contributed by atoms with E-state index in [0.717, 1.165) is 12.8 Å². The third kappa shape index (κ3) is 1.23. The van der Waals surface area contributed by atoms with Crippen LogP contribution in [0.25, 0.3) is 0 Å². The Labute approximate surface area is 46.2 Å². The largest absolute Gasteiger partial charge is 0.394 e. The summed E-state index contributed by atoms with van der Waals surface area (Å²) in [5, 5.41) is -0.806. The van der Waals surface area contributed by atoms with Crippen LogP contribution >= 0.6 is 0 Å². The summed E-state index contributed by atoms with van der Waals surface area (Å²) in [5.74, 6) is 0. The summed E-state index contributed by atoms with van der Waals surface area (Å²) < 4.78 is 4.90. The van der Waals surface area contributed by atoms with Crippen molar-refractivity contribution in [2.24, 2.45) is 0 Å². The molecule has 1 nitrogen and oxygen atoms in total. The normalized spacial score (nSPS) is 28.0. The first kappa shape index (κ1) is 5.23. The first-order valence-electron chi connectivity index (χ1n) is 2.42. The lowest BCUT2D eigenvalue weighted by Crippen LogP contribution is -2.27. The summed E-state index contributed by atoms with van der Waals surface area (Å²) in [4.78, 5) is 0. The molecule has 0 aromatic carbocycles. The molecule has 0 aromatic rings. The van der Waals surface area contributed by atoms with Crippen LogP contribution in [0.3, 0.4) is 0 Å². The van der Waals surface area contributed by atoms with E-state index in [0.29, 0.717) is 6.61 Å². The van der Waals surface area contributed by atoms with Gasteiger partial charge in [0.25, 0.3) is 0 Å². The van der Waals surface area contributed by atoms with Gasteiger partial charge in [0.05, 0.1) is 15.7 Å². The van der Waals surface area contributed by atoms with E-state index in [4.69, 9.17) is 20.4 Å². The monoisotopic (exact) mass is 92.1 g/mol. The Kier molecular flexibility index (Phi) is 1.16. The van der Waals surface area contributed by atoms with Crippen LogP contribution in [-0.2, 0) is 4.74 Å². The minimum Gasteiger partial charge on any atom is -0.394 e. The molecule has 0 bridgehead atoms. The average Bonchev–Trinajstić information content (AvgIpc) is 1.84. The minimum atomic E-state index is -0.806. The molecule has 0 amide bonds. The number of hydrogen-bond acceptors (Lipinski definition) is 1. The van der Waals surface area contributed by atoms with Crippen molar-refractivity contribution in [3.8, 4) is 0 Å². The Bertz CT molecular complexity index is 64.1. The van der Waals surface area contributed by atoms with E-state index in [-0.39, 0.29) is 0 Å². The maximum Gasteiger partial charge on any atom is 0.0993 e. The average molecular weight is 91.7 g/mol. The van der Waals surface area contributed by atoms with Crippen LogP contribution < -0.4 is 0 Å². The molecule has 0 unspecified atom stereocenters. The third-order valence-electron chi connectivity index (χ3n) is 1.08. The molecule has 1 fully saturated rings. The number of hydrogen-bond donors (Lipinski definition) is 0. The maximum absolute atomic E-state index is 5.33. The fraction of sp³-hybridized carbons (Fsp3) is 1.00. The zero-order valence-electron chi connectivity index (χ0n) is 4.18. The lowest BCUT2D eigenvalue weighted by atomic mass is 9.64. The van der Waals surface area contributed by atoms with Crippen molar-refractivity contribution >= 4 is 15.7 Å². The van der Waals surface area contributed by atoms with E-state index in [1.165, 1.54) is 0 Å². The molecule has 0 atom stereocenters. The predicted octanol–water partition coefficient (Wildman–Crippen LogP) is -0.212. The fourth-order valence-corrected chi connectivity index (χ4v) is 0.683. The molecule has 0 aliphatic carbocycles. The second-order valence-corrected chi connectivity index (χ2v) is 1.91. The van der Waals surface area contributed by atoms with Crippen LogP contribution in [0.1, 0.15) is 12.8 Å². The van der Waals surface area contributed by atoms with Gasteiger partial charge < -0.3 is 4.74 Å². The van der Waals surface area contributed by atoms with Gasteiger partial charge in [-0.25, -0.2) is 0 Å². The van der Waals surface area contributed by atoms with E-state index in [9.17, 15) is 0 Å². The Hall–Kier alpha value is 0.0899. The van der Waals surface area contributed by atoms with Gasteiger partial charge in [0.15, 0.2) is 0 Å². The van der Waals surface area contributed by atoms with Crippen molar-refractivity contribution in [3.63, 3.8) is 0 Å². The molecule has 0 saturated carbocycles. The van der Waals surface area contributed by atoms with Crippen molar-refractivity contribution in [1.29, 1.82) is 0 Å². The lowest BCUT2D eigenvalue weighted by Gasteiger charge is -2.15. The van der Waals surface area contributed by atoms with Gasteiger partial charge in [0.1, 0.15) is 0 Å². The van der Waals surface area contributed by atoms with E-state index in [2.05, 4.69) is 0 Å². The van der Waals surface area contributed by atoms with Crippen molar-refractivity contribution in [2.45, 2.75) is 18.2 Å². The van der Waals surface area contributed by atoms with E-state index in [1.807, 2.05) is 0 Å². The number of rotatable bonds is 0. The number of ether oxygens (including phenoxy) is 1. The molecule has 0 N–H and O–H groups in total. The van der Waals surface area contributed by atoms with Gasteiger partial charge in [-0.3, -0.25) is 0 Å². The zero-order chi connectivity index (χ0) is 5.33. The zero-order valence-corrected chi connectivity index (χ0v) is 4.18. The van der Waals surface area contributed by atoms with E-state index in [1.54, 1.807) is 0 Å². The second-order valence-electron chi connectivity index (χ2n) is 1.91. The van der Waals surface area contributed by atoms with Gasteiger partial charge in [-0.05, 0) is 18.2 Å². The summed E-state index contributed by atoms with van der Waals surface area (Å²) in [6.45, 7) is 0.715. The smallest absolute Gasteiger partial charge is 0.0993 e. The molecule has 1 saturated heterocycles. The van der Waals surface area contributed by atoms with Crippen molar-refractivity contribution in [2.75, 3.05) is 6.61 Å². The van der Waals surface area contributed by atoms with Gasteiger partial charge in [-0.15, -0.1) is 0 Å². The third-order valence-corrected chi connectivity index (χ3v) is 1.08. The molecule has 3 heteroatoms. The fourth-order valence-electron chi connectivity index (χ4n) is 0.683. The summed E-state index contributed by atoms with van der Waals surface area (Å²) in [6.07, 6.45) is 1.78. The molecule has 1 aliphatic heterocycles. The lowest BCUT2D eigenvalue weighted by molar-refractivity contribution is 0.137. The van der Waals surface area contributed by atoms with Crippen molar-refractivity contribution in [3.05, 3.63) is 0 Å². The minimum absolute atomic E-state index is 0.715. The quantitative estimate of drug-likeness (QED) is 0.375. The van der Waals surface area contributed by atoms with E-state index >= 15 is 0 Å². The van der Waals surface area contributed by atoms with Crippen LogP contribution in [0.4, 0.5) is 0 Å².